The molecule has 190 valence electrons. The van der Waals surface area contributed by atoms with E-state index in [0.29, 0.717) is 0 Å². The van der Waals surface area contributed by atoms with Gasteiger partial charge in [0.15, 0.2) is 5.67 Å². The molecule has 0 aliphatic heterocycles. The largest absolute Gasteiger partial charge is 0.411 e. The molecule has 0 spiro atoms. The predicted molar refractivity (Wildman–Crippen MR) is 119 cm³/mol. The minimum atomic E-state index is -2.29. The number of allylic oxidation sites excluding steroid dienone is 4. The molecule has 0 bridgehead atoms. The summed E-state index contributed by atoms with van der Waals surface area (Å²) in [5.74, 6) is -1.67. The minimum Gasteiger partial charge on any atom is -0.411 e. The Balaban J connectivity index is 1.89. The third-order valence-corrected chi connectivity index (χ3v) is 9.06. The molecule has 4 aliphatic rings. The number of ether oxygens (including phenoxy) is 1. The quantitative estimate of drug-likeness (QED) is 0.236. The number of aliphatic hydroxyl groups excluding tert-OH is 3. The molecule has 0 amide bonds. The van der Waals surface area contributed by atoms with Gasteiger partial charge in [0.05, 0.1) is 24.9 Å². The number of halogens is 2. The summed E-state index contributed by atoms with van der Waals surface area (Å²) in [5, 5.41) is 57.9. The van der Waals surface area contributed by atoms with Gasteiger partial charge >= 0.3 is 0 Å². The molecule has 0 saturated heterocycles. The molecule has 10 heteroatoms. The molecule has 9 atom stereocenters. The SMILES string of the molecule is CC(C)O[C@]1(/C(CO)=N/O)[C@H](O)C[C@H]2[C@@H]3C[C@H](F)C4=C/C(=N/O)C=C[C@]4(C)[C@@]3(F)[C@@H](O)C[C@@]21C. The van der Waals surface area contributed by atoms with Gasteiger partial charge in [0.1, 0.15) is 23.2 Å². The minimum absolute atomic E-state index is 0.0141. The Kier molecular flexibility index (Phi) is 5.99. The molecule has 3 fully saturated rings. The summed E-state index contributed by atoms with van der Waals surface area (Å²) in [7, 11) is 0. The van der Waals surface area contributed by atoms with Gasteiger partial charge in [-0.05, 0) is 63.7 Å². The van der Waals surface area contributed by atoms with Crippen LogP contribution in [0.15, 0.2) is 34.1 Å². The average molecular weight is 485 g/mol. The molecule has 0 aromatic carbocycles. The summed E-state index contributed by atoms with van der Waals surface area (Å²) in [6, 6.07) is 0. The van der Waals surface area contributed by atoms with Crippen molar-refractivity contribution in [3.8, 4) is 0 Å². The Labute approximate surface area is 197 Å². The summed E-state index contributed by atoms with van der Waals surface area (Å²) in [6.07, 6.45) is -1.16. The smallest absolute Gasteiger partial charge is 0.152 e. The second-order valence-electron chi connectivity index (χ2n) is 10.8. The number of fused-ring (bicyclic) bond motifs is 5. The maximum absolute atomic E-state index is 17.3. The van der Waals surface area contributed by atoms with E-state index in [-0.39, 0.29) is 36.3 Å². The molecule has 0 heterocycles. The third-order valence-electron chi connectivity index (χ3n) is 9.06. The highest BCUT2D eigenvalue weighted by molar-refractivity contribution is 6.05. The fourth-order valence-corrected chi connectivity index (χ4v) is 7.67. The third kappa shape index (κ3) is 2.88. The van der Waals surface area contributed by atoms with Crippen LogP contribution in [-0.2, 0) is 4.74 Å². The highest BCUT2D eigenvalue weighted by atomic mass is 19.1. The normalized spacial score (nSPS) is 49.6. The second kappa shape index (κ2) is 8.08. The average Bonchev–Trinajstić information content (AvgIpc) is 2.98. The number of alkyl halides is 2. The van der Waals surface area contributed by atoms with Crippen molar-refractivity contribution in [1.29, 1.82) is 0 Å². The highest BCUT2D eigenvalue weighted by Gasteiger charge is 2.77. The van der Waals surface area contributed by atoms with Gasteiger partial charge in [-0.15, -0.1) is 0 Å². The fourth-order valence-electron chi connectivity index (χ4n) is 7.67. The van der Waals surface area contributed by atoms with E-state index in [9.17, 15) is 20.5 Å². The molecule has 5 N–H and O–H groups in total. The molecule has 0 aromatic rings. The van der Waals surface area contributed by atoms with E-state index in [2.05, 4.69) is 10.3 Å². The summed E-state index contributed by atoms with van der Waals surface area (Å²) in [5.41, 5.74) is -6.68. The first-order valence-corrected chi connectivity index (χ1v) is 11.7. The lowest BCUT2D eigenvalue weighted by molar-refractivity contribution is -0.228. The van der Waals surface area contributed by atoms with Crippen LogP contribution < -0.4 is 0 Å². The van der Waals surface area contributed by atoms with Gasteiger partial charge in [0.25, 0.3) is 0 Å². The van der Waals surface area contributed by atoms with Crippen LogP contribution >= 0.6 is 0 Å². The molecule has 4 rings (SSSR count). The molecule has 8 nitrogen and oxygen atoms in total. The van der Waals surface area contributed by atoms with E-state index in [0.717, 1.165) is 0 Å². The van der Waals surface area contributed by atoms with Crippen LogP contribution in [-0.4, -0.2) is 79.5 Å². The van der Waals surface area contributed by atoms with Crippen molar-refractivity contribution in [3.05, 3.63) is 23.8 Å². The van der Waals surface area contributed by atoms with Crippen LogP contribution in [0.5, 0.6) is 0 Å². The highest BCUT2D eigenvalue weighted by Crippen LogP contribution is 2.70. The second-order valence-corrected chi connectivity index (χ2v) is 10.8. The predicted octanol–water partition coefficient (Wildman–Crippen LogP) is 2.52. The summed E-state index contributed by atoms with van der Waals surface area (Å²) >= 11 is 0. The zero-order valence-corrected chi connectivity index (χ0v) is 19.8. The van der Waals surface area contributed by atoms with Crippen LogP contribution in [0.2, 0.25) is 0 Å². The summed E-state index contributed by atoms with van der Waals surface area (Å²) < 4.78 is 39.1. The van der Waals surface area contributed by atoms with Crippen LogP contribution in [0, 0.1) is 22.7 Å². The van der Waals surface area contributed by atoms with E-state index in [4.69, 9.17) is 9.94 Å². The summed E-state index contributed by atoms with van der Waals surface area (Å²) in [4.78, 5) is 0. The van der Waals surface area contributed by atoms with Gasteiger partial charge in [-0.1, -0.05) is 23.3 Å². The Morgan fingerprint density at radius 3 is 2.41 bits per heavy atom. The number of hydrogen-bond donors (Lipinski definition) is 5. The Bertz CT molecular complexity index is 969. The van der Waals surface area contributed by atoms with Crippen LogP contribution in [0.3, 0.4) is 0 Å². The first-order chi connectivity index (χ1) is 15.9. The maximum atomic E-state index is 17.3. The van der Waals surface area contributed by atoms with Crippen LogP contribution in [0.4, 0.5) is 8.78 Å². The molecule has 4 aliphatic carbocycles. The molecule has 0 radical (unpaired) electrons. The number of aliphatic hydroxyl groups is 3. The lowest BCUT2D eigenvalue weighted by Crippen LogP contribution is -2.71. The van der Waals surface area contributed by atoms with Gasteiger partial charge in [0, 0.05) is 16.7 Å². The lowest BCUT2D eigenvalue weighted by atomic mass is 9.44. The van der Waals surface area contributed by atoms with Gasteiger partial charge in [-0.3, -0.25) is 0 Å². The van der Waals surface area contributed by atoms with Gasteiger partial charge in [-0.2, -0.15) is 0 Å². The van der Waals surface area contributed by atoms with Crippen LogP contribution in [0.1, 0.15) is 47.0 Å². The van der Waals surface area contributed by atoms with Crippen LogP contribution in [0.25, 0.3) is 0 Å². The molecule has 34 heavy (non-hydrogen) atoms. The van der Waals surface area contributed by atoms with Crippen molar-refractivity contribution in [2.24, 2.45) is 33.0 Å². The monoisotopic (exact) mass is 484 g/mol. The zero-order chi connectivity index (χ0) is 25.3. The molecular weight excluding hydrogens is 450 g/mol. The van der Waals surface area contributed by atoms with E-state index in [1.165, 1.54) is 25.2 Å². The first-order valence-electron chi connectivity index (χ1n) is 11.7. The maximum Gasteiger partial charge on any atom is 0.152 e. The van der Waals surface area contributed by atoms with Crippen molar-refractivity contribution < 1.29 is 39.3 Å². The number of hydrogen-bond acceptors (Lipinski definition) is 8. The molecule has 0 unspecified atom stereocenters. The molecule has 0 aromatic heterocycles. The fraction of sp³-hybridized carbons (Fsp3) is 0.750. The number of rotatable bonds is 4. The van der Waals surface area contributed by atoms with E-state index in [1.807, 2.05) is 0 Å². The Morgan fingerprint density at radius 2 is 1.85 bits per heavy atom. The van der Waals surface area contributed by atoms with E-state index < -0.39 is 65.0 Å². The van der Waals surface area contributed by atoms with E-state index in [1.54, 1.807) is 20.8 Å². The summed E-state index contributed by atoms with van der Waals surface area (Å²) in [6.45, 7) is 5.98. The van der Waals surface area contributed by atoms with Crippen molar-refractivity contribution >= 4 is 11.4 Å². The van der Waals surface area contributed by atoms with Gasteiger partial charge in [-0.25, -0.2) is 8.78 Å². The van der Waals surface area contributed by atoms with Crippen molar-refractivity contribution in [3.63, 3.8) is 0 Å². The van der Waals surface area contributed by atoms with Crippen molar-refractivity contribution in [1.82, 2.24) is 0 Å². The first kappa shape index (κ1) is 25.2. The van der Waals surface area contributed by atoms with E-state index >= 15 is 8.78 Å². The Morgan fingerprint density at radius 1 is 1.18 bits per heavy atom. The Hall–Kier alpha value is -1.88. The van der Waals surface area contributed by atoms with Gasteiger partial charge in [0.2, 0.25) is 0 Å². The van der Waals surface area contributed by atoms with Crippen molar-refractivity contribution in [2.45, 2.75) is 82.7 Å². The van der Waals surface area contributed by atoms with Crippen molar-refractivity contribution in [2.75, 3.05) is 6.61 Å². The zero-order valence-electron chi connectivity index (χ0n) is 19.8. The van der Waals surface area contributed by atoms with Gasteiger partial charge < -0.3 is 30.5 Å². The number of oxime groups is 2. The molecule has 3 saturated carbocycles. The lowest BCUT2D eigenvalue weighted by Gasteiger charge is -2.63. The standard InChI is InChI=1S/C24H34F2N2O6/c1-12(2)34-24(18(11-29)28-33)19(30)9-14-15-8-17(25)16-7-13(27-32)5-6-21(16,3)23(15,26)20(31)10-22(14,24)4/h5-7,12,14-15,17,19-20,29-33H,8-11H2,1-4H3/b27-13+,28-18+/t14-,15-,17-,19+,20-,21-,22-,23-,24+/m0/s1. The molecular formula is C24H34F2N2O6. The topological polar surface area (TPSA) is 135 Å². The number of nitrogens with zero attached hydrogens (tertiary/aromatic N) is 2.